The molecular formula is C20H23FN4O3S. The highest BCUT2D eigenvalue weighted by molar-refractivity contribution is 7.22. The van der Waals surface area contributed by atoms with Gasteiger partial charge in [-0.1, -0.05) is 11.3 Å². The first kappa shape index (κ1) is 18.7. The number of anilines is 1. The minimum absolute atomic E-state index is 0.0424. The van der Waals surface area contributed by atoms with E-state index in [2.05, 4.69) is 9.88 Å². The summed E-state index contributed by atoms with van der Waals surface area (Å²) >= 11 is 1.45. The predicted molar refractivity (Wildman–Crippen MR) is 107 cm³/mol. The Labute approximate surface area is 172 Å². The second kappa shape index (κ2) is 7.53. The average molecular weight is 418 g/mol. The van der Waals surface area contributed by atoms with Crippen LogP contribution >= 0.6 is 11.3 Å². The molecule has 5 rings (SSSR count). The van der Waals surface area contributed by atoms with E-state index in [4.69, 9.17) is 4.74 Å². The Balaban J connectivity index is 1.13. The summed E-state index contributed by atoms with van der Waals surface area (Å²) in [5.74, 6) is -0.0880. The molecule has 154 valence electrons. The number of thiazole rings is 1. The predicted octanol–water partition coefficient (Wildman–Crippen LogP) is 1.72. The van der Waals surface area contributed by atoms with E-state index in [1.165, 1.54) is 23.5 Å². The number of nitrogens with zero attached hydrogens (tertiary/aromatic N) is 4. The fourth-order valence-corrected chi connectivity index (χ4v) is 5.20. The standard InChI is InChI=1S/C20H23FN4O3S/c21-14-3-4-15-17(10-14)29-20(22-15)25-11-13(12-25)18(26)23-5-7-24(8-6-23)19(27)16-2-1-9-28-16/h3-4,10,13,16H,1-2,5-9,11-12H2. The normalized spacial score (nSPS) is 22.9. The summed E-state index contributed by atoms with van der Waals surface area (Å²) in [5.41, 5.74) is 0.785. The number of amides is 2. The third kappa shape index (κ3) is 3.57. The lowest BCUT2D eigenvalue weighted by Crippen LogP contribution is -2.59. The van der Waals surface area contributed by atoms with Gasteiger partial charge in [-0.15, -0.1) is 0 Å². The second-order valence-corrected chi connectivity index (χ2v) is 8.87. The van der Waals surface area contributed by atoms with Gasteiger partial charge in [0.2, 0.25) is 5.91 Å². The molecule has 1 unspecified atom stereocenters. The van der Waals surface area contributed by atoms with Crippen LogP contribution < -0.4 is 4.90 Å². The largest absolute Gasteiger partial charge is 0.368 e. The minimum Gasteiger partial charge on any atom is -0.368 e. The first-order chi connectivity index (χ1) is 14.1. The summed E-state index contributed by atoms with van der Waals surface area (Å²) in [6.45, 7) is 4.24. The number of ether oxygens (including phenoxy) is 1. The van der Waals surface area contributed by atoms with Crippen LogP contribution in [0.5, 0.6) is 0 Å². The highest BCUT2D eigenvalue weighted by Crippen LogP contribution is 2.33. The van der Waals surface area contributed by atoms with Crippen LogP contribution in [-0.4, -0.2) is 78.6 Å². The number of carbonyl (C=O) groups excluding carboxylic acids is 2. The first-order valence-corrected chi connectivity index (χ1v) is 10.9. The van der Waals surface area contributed by atoms with Gasteiger partial charge in [0.25, 0.3) is 5.91 Å². The van der Waals surface area contributed by atoms with E-state index in [0.717, 1.165) is 28.2 Å². The van der Waals surface area contributed by atoms with Crippen molar-refractivity contribution in [2.24, 2.45) is 5.92 Å². The van der Waals surface area contributed by atoms with Gasteiger partial charge in [-0.2, -0.15) is 0 Å². The van der Waals surface area contributed by atoms with Gasteiger partial charge in [-0.3, -0.25) is 9.59 Å². The van der Waals surface area contributed by atoms with Gasteiger partial charge < -0.3 is 19.4 Å². The average Bonchev–Trinajstić information content (AvgIpc) is 3.36. The van der Waals surface area contributed by atoms with E-state index >= 15 is 0 Å². The zero-order chi connectivity index (χ0) is 20.0. The van der Waals surface area contributed by atoms with E-state index in [1.807, 2.05) is 9.80 Å². The van der Waals surface area contributed by atoms with E-state index in [1.54, 1.807) is 6.07 Å². The molecule has 3 fully saturated rings. The van der Waals surface area contributed by atoms with Crippen molar-refractivity contribution >= 4 is 38.5 Å². The number of carbonyl (C=O) groups is 2. The number of hydrogen-bond donors (Lipinski definition) is 0. The number of hydrogen-bond acceptors (Lipinski definition) is 6. The second-order valence-electron chi connectivity index (χ2n) is 7.86. The van der Waals surface area contributed by atoms with Crippen LogP contribution in [0.3, 0.4) is 0 Å². The number of halogens is 1. The molecule has 2 aromatic rings. The zero-order valence-corrected chi connectivity index (χ0v) is 16.9. The van der Waals surface area contributed by atoms with Crippen LogP contribution in [0.15, 0.2) is 18.2 Å². The van der Waals surface area contributed by atoms with Crippen molar-refractivity contribution in [3.05, 3.63) is 24.0 Å². The Hall–Kier alpha value is -2.26. The SMILES string of the molecule is O=C(C1CN(c2nc3ccc(F)cc3s2)C1)N1CCN(C(=O)C2CCCO2)CC1. The quantitative estimate of drug-likeness (QED) is 0.760. The van der Waals surface area contributed by atoms with Crippen LogP contribution in [0, 0.1) is 11.7 Å². The van der Waals surface area contributed by atoms with Gasteiger partial charge >= 0.3 is 0 Å². The van der Waals surface area contributed by atoms with E-state index in [0.29, 0.717) is 45.9 Å². The third-order valence-electron chi connectivity index (χ3n) is 5.95. The maximum Gasteiger partial charge on any atom is 0.251 e. The van der Waals surface area contributed by atoms with Crippen molar-refractivity contribution < 1.29 is 18.7 Å². The Kier molecular flexibility index (Phi) is 4.87. The lowest BCUT2D eigenvalue weighted by molar-refractivity contribution is -0.147. The molecule has 2 amide bonds. The van der Waals surface area contributed by atoms with Crippen molar-refractivity contribution in [1.29, 1.82) is 0 Å². The summed E-state index contributed by atoms with van der Waals surface area (Å²) in [4.78, 5) is 35.6. The molecule has 0 radical (unpaired) electrons. The monoisotopic (exact) mass is 418 g/mol. The lowest BCUT2D eigenvalue weighted by atomic mass is 9.99. The van der Waals surface area contributed by atoms with Crippen molar-refractivity contribution in [3.8, 4) is 0 Å². The fraction of sp³-hybridized carbons (Fsp3) is 0.550. The summed E-state index contributed by atoms with van der Waals surface area (Å²) in [5, 5.41) is 0.835. The van der Waals surface area contributed by atoms with Crippen LogP contribution in [0.2, 0.25) is 0 Å². The molecule has 9 heteroatoms. The molecule has 3 saturated heterocycles. The zero-order valence-electron chi connectivity index (χ0n) is 16.1. The van der Waals surface area contributed by atoms with Crippen LogP contribution in [0.25, 0.3) is 10.2 Å². The first-order valence-electron chi connectivity index (χ1n) is 10.1. The third-order valence-corrected chi connectivity index (χ3v) is 7.03. The Morgan fingerprint density at radius 1 is 1.10 bits per heavy atom. The number of benzene rings is 1. The minimum atomic E-state index is -0.292. The smallest absolute Gasteiger partial charge is 0.251 e. The molecule has 4 heterocycles. The highest BCUT2D eigenvalue weighted by atomic mass is 32.1. The van der Waals surface area contributed by atoms with Gasteiger partial charge in [-0.05, 0) is 31.0 Å². The molecule has 1 aromatic heterocycles. The van der Waals surface area contributed by atoms with Crippen molar-refractivity contribution in [2.75, 3.05) is 50.8 Å². The number of rotatable bonds is 3. The molecule has 1 atom stereocenters. The highest BCUT2D eigenvalue weighted by Gasteiger charge is 2.38. The number of fused-ring (bicyclic) bond motifs is 1. The summed E-state index contributed by atoms with van der Waals surface area (Å²) < 4.78 is 19.7. The Morgan fingerprint density at radius 2 is 1.83 bits per heavy atom. The fourth-order valence-electron chi connectivity index (χ4n) is 4.19. The number of piperazine rings is 1. The Morgan fingerprint density at radius 3 is 2.52 bits per heavy atom. The lowest BCUT2D eigenvalue weighted by Gasteiger charge is -2.42. The molecule has 0 bridgehead atoms. The topological polar surface area (TPSA) is 66.0 Å². The van der Waals surface area contributed by atoms with Gasteiger partial charge in [0, 0.05) is 45.9 Å². The molecule has 7 nitrogen and oxygen atoms in total. The number of aromatic nitrogens is 1. The van der Waals surface area contributed by atoms with Gasteiger partial charge in [0.15, 0.2) is 5.13 Å². The van der Waals surface area contributed by atoms with Gasteiger partial charge in [0.05, 0.1) is 16.1 Å². The molecule has 0 saturated carbocycles. The Bertz CT molecular complexity index is 931. The molecule has 3 aliphatic rings. The van der Waals surface area contributed by atoms with Crippen molar-refractivity contribution in [3.63, 3.8) is 0 Å². The van der Waals surface area contributed by atoms with Crippen LogP contribution in [0.4, 0.5) is 9.52 Å². The summed E-state index contributed by atoms with van der Waals surface area (Å²) in [6, 6.07) is 4.60. The summed E-state index contributed by atoms with van der Waals surface area (Å²) in [6.07, 6.45) is 1.45. The maximum atomic E-state index is 13.4. The van der Waals surface area contributed by atoms with Crippen molar-refractivity contribution in [2.45, 2.75) is 18.9 Å². The molecule has 0 N–H and O–H groups in total. The molecule has 0 aliphatic carbocycles. The van der Waals surface area contributed by atoms with Crippen LogP contribution in [-0.2, 0) is 14.3 Å². The van der Waals surface area contributed by atoms with Crippen LogP contribution in [0.1, 0.15) is 12.8 Å². The van der Waals surface area contributed by atoms with Gasteiger partial charge in [-0.25, -0.2) is 9.37 Å². The molecule has 0 spiro atoms. The summed E-state index contributed by atoms with van der Waals surface area (Å²) in [7, 11) is 0. The van der Waals surface area contributed by atoms with Crippen molar-refractivity contribution in [1.82, 2.24) is 14.8 Å². The molecule has 3 aliphatic heterocycles. The van der Waals surface area contributed by atoms with E-state index in [-0.39, 0.29) is 29.7 Å². The van der Waals surface area contributed by atoms with Gasteiger partial charge in [0.1, 0.15) is 11.9 Å². The molecule has 1 aromatic carbocycles. The molecular weight excluding hydrogens is 395 g/mol. The van der Waals surface area contributed by atoms with E-state index in [9.17, 15) is 14.0 Å². The molecule has 29 heavy (non-hydrogen) atoms. The van der Waals surface area contributed by atoms with E-state index < -0.39 is 0 Å². The maximum absolute atomic E-state index is 13.4.